The molecule has 2 heterocycles. The molecule has 1 atom stereocenters. The summed E-state index contributed by atoms with van der Waals surface area (Å²) in [4.78, 5) is 4.95. The maximum Gasteiger partial charge on any atom is 0.248 e. The Morgan fingerprint density at radius 2 is 2.33 bits per heavy atom. The van der Waals surface area contributed by atoms with E-state index in [0.29, 0.717) is 11.4 Å². The van der Waals surface area contributed by atoms with Gasteiger partial charge in [-0.1, -0.05) is 0 Å². The van der Waals surface area contributed by atoms with Crippen molar-refractivity contribution >= 4 is 16.3 Å². The number of hydrogen-bond acceptors (Lipinski definition) is 3. The van der Waals surface area contributed by atoms with Gasteiger partial charge in [0.05, 0.1) is 17.3 Å². The van der Waals surface area contributed by atoms with E-state index in [0.717, 1.165) is 4.96 Å². The van der Waals surface area contributed by atoms with Crippen molar-refractivity contribution in [3.8, 4) is 0 Å². The second-order valence-corrected chi connectivity index (χ2v) is 4.19. The van der Waals surface area contributed by atoms with Gasteiger partial charge in [-0.15, -0.1) is 11.3 Å². The highest BCUT2D eigenvalue weighted by atomic mass is 32.1. The lowest BCUT2D eigenvalue weighted by molar-refractivity contribution is 0.115. The maximum absolute atomic E-state index is 12.8. The lowest BCUT2D eigenvalue weighted by atomic mass is 10.1. The van der Waals surface area contributed by atoms with E-state index in [1.165, 1.54) is 11.3 Å². The fraction of sp³-hybridized carbons (Fsp3) is 0.444. The van der Waals surface area contributed by atoms with Crippen molar-refractivity contribution in [3.63, 3.8) is 0 Å². The standard InChI is InChI=1S/C9H11F2N3S/c1-5-7(6(4-12)8(10)11)14-2-3-15-9(14)13-5/h2-3,6,8H,4,12H2,1H3. The minimum absolute atomic E-state index is 0.0673. The Kier molecular flexibility index (Phi) is 2.70. The van der Waals surface area contributed by atoms with E-state index in [-0.39, 0.29) is 6.54 Å². The smallest absolute Gasteiger partial charge is 0.248 e. The van der Waals surface area contributed by atoms with Crippen LogP contribution in [0.2, 0.25) is 0 Å². The average molecular weight is 231 g/mol. The zero-order chi connectivity index (χ0) is 11.0. The number of alkyl halides is 2. The molecule has 0 bridgehead atoms. The predicted octanol–water partition coefficient (Wildman–Crippen LogP) is 2.01. The van der Waals surface area contributed by atoms with Crippen LogP contribution in [0.3, 0.4) is 0 Å². The topological polar surface area (TPSA) is 43.3 Å². The van der Waals surface area contributed by atoms with Gasteiger partial charge < -0.3 is 5.73 Å². The summed E-state index contributed by atoms with van der Waals surface area (Å²) in [6.45, 7) is 1.67. The Bertz CT molecular complexity index is 463. The van der Waals surface area contributed by atoms with Gasteiger partial charge >= 0.3 is 0 Å². The number of imidazole rings is 1. The Balaban J connectivity index is 2.56. The van der Waals surface area contributed by atoms with Crippen LogP contribution >= 0.6 is 11.3 Å². The molecule has 1 unspecified atom stereocenters. The number of aryl methyl sites for hydroxylation is 1. The van der Waals surface area contributed by atoms with Gasteiger partial charge in [0.25, 0.3) is 0 Å². The molecule has 0 saturated carbocycles. The molecule has 0 aromatic carbocycles. The highest BCUT2D eigenvalue weighted by Crippen LogP contribution is 2.27. The highest BCUT2D eigenvalue weighted by molar-refractivity contribution is 7.15. The highest BCUT2D eigenvalue weighted by Gasteiger charge is 2.26. The second kappa shape index (κ2) is 3.86. The quantitative estimate of drug-likeness (QED) is 0.878. The Morgan fingerprint density at radius 3 is 2.93 bits per heavy atom. The van der Waals surface area contributed by atoms with E-state index in [1.807, 2.05) is 5.38 Å². The SMILES string of the molecule is Cc1nc2sccn2c1C(CN)C(F)F. The third-order valence-electron chi connectivity index (χ3n) is 2.39. The fourth-order valence-electron chi connectivity index (χ4n) is 1.69. The fourth-order valence-corrected chi connectivity index (χ4v) is 2.46. The normalized spacial score (nSPS) is 13.9. The number of rotatable bonds is 3. The monoisotopic (exact) mass is 231 g/mol. The molecular formula is C9H11F2N3S. The molecule has 0 aliphatic carbocycles. The zero-order valence-corrected chi connectivity index (χ0v) is 8.97. The van der Waals surface area contributed by atoms with E-state index in [9.17, 15) is 8.78 Å². The van der Waals surface area contributed by atoms with Gasteiger partial charge in [0, 0.05) is 18.1 Å². The van der Waals surface area contributed by atoms with Gasteiger partial charge in [-0.3, -0.25) is 4.40 Å². The van der Waals surface area contributed by atoms with E-state index in [4.69, 9.17) is 5.73 Å². The average Bonchev–Trinajstić information content (AvgIpc) is 2.69. The number of aromatic nitrogens is 2. The summed E-state index contributed by atoms with van der Waals surface area (Å²) in [5, 5.41) is 1.82. The van der Waals surface area contributed by atoms with E-state index >= 15 is 0 Å². The summed E-state index contributed by atoms with van der Waals surface area (Å²) in [5.41, 5.74) is 6.54. The molecule has 0 aliphatic rings. The minimum atomic E-state index is -2.45. The van der Waals surface area contributed by atoms with Gasteiger partial charge in [0.2, 0.25) is 6.43 Å². The first-order valence-corrected chi connectivity index (χ1v) is 5.43. The van der Waals surface area contributed by atoms with Crippen molar-refractivity contribution < 1.29 is 8.78 Å². The molecule has 2 rings (SSSR count). The van der Waals surface area contributed by atoms with Crippen LogP contribution in [0.25, 0.3) is 4.96 Å². The van der Waals surface area contributed by atoms with E-state index in [2.05, 4.69) is 4.98 Å². The number of hydrogen-bond donors (Lipinski definition) is 1. The van der Waals surface area contributed by atoms with Crippen LogP contribution in [0.1, 0.15) is 17.3 Å². The largest absolute Gasteiger partial charge is 0.330 e. The minimum Gasteiger partial charge on any atom is -0.330 e. The molecule has 3 nitrogen and oxygen atoms in total. The summed E-state index contributed by atoms with van der Waals surface area (Å²) in [6, 6.07) is 0. The zero-order valence-electron chi connectivity index (χ0n) is 8.15. The first kappa shape index (κ1) is 10.5. The Hall–Kier alpha value is -1.01. The van der Waals surface area contributed by atoms with Crippen molar-refractivity contribution in [1.29, 1.82) is 0 Å². The van der Waals surface area contributed by atoms with Crippen LogP contribution in [0.4, 0.5) is 8.78 Å². The lowest BCUT2D eigenvalue weighted by Gasteiger charge is -2.13. The van der Waals surface area contributed by atoms with Crippen LogP contribution in [0.15, 0.2) is 11.6 Å². The molecule has 2 aromatic heterocycles. The molecule has 82 valence electrons. The molecule has 0 aliphatic heterocycles. The molecule has 0 spiro atoms. The number of thiazole rings is 1. The molecule has 0 saturated heterocycles. The molecular weight excluding hydrogens is 220 g/mol. The van der Waals surface area contributed by atoms with Gasteiger partial charge in [-0.2, -0.15) is 0 Å². The third-order valence-corrected chi connectivity index (χ3v) is 3.15. The van der Waals surface area contributed by atoms with Crippen molar-refractivity contribution in [1.82, 2.24) is 9.38 Å². The van der Waals surface area contributed by atoms with Crippen molar-refractivity contribution in [2.75, 3.05) is 6.54 Å². The van der Waals surface area contributed by atoms with E-state index < -0.39 is 12.3 Å². The number of fused-ring (bicyclic) bond motifs is 1. The van der Waals surface area contributed by atoms with Crippen molar-refractivity contribution in [3.05, 3.63) is 23.0 Å². The maximum atomic E-state index is 12.8. The van der Waals surface area contributed by atoms with Crippen LogP contribution < -0.4 is 5.73 Å². The first-order valence-electron chi connectivity index (χ1n) is 4.55. The summed E-state index contributed by atoms with van der Waals surface area (Å²) in [6.07, 6.45) is -0.700. The molecule has 15 heavy (non-hydrogen) atoms. The Labute approximate surface area is 89.5 Å². The predicted molar refractivity (Wildman–Crippen MR) is 55.6 cm³/mol. The number of nitrogens with two attached hydrogens (primary N) is 1. The summed E-state index contributed by atoms with van der Waals surface area (Å²) < 4.78 is 27.2. The molecule has 0 radical (unpaired) electrons. The van der Waals surface area contributed by atoms with Crippen LogP contribution in [-0.2, 0) is 0 Å². The molecule has 0 amide bonds. The van der Waals surface area contributed by atoms with Crippen molar-refractivity contribution in [2.45, 2.75) is 19.3 Å². The summed E-state index contributed by atoms with van der Waals surface area (Å²) in [5.74, 6) is -0.936. The van der Waals surface area contributed by atoms with E-state index in [1.54, 1.807) is 17.5 Å². The Morgan fingerprint density at radius 1 is 1.60 bits per heavy atom. The van der Waals surface area contributed by atoms with Gasteiger partial charge in [-0.05, 0) is 6.92 Å². The summed E-state index contributed by atoms with van der Waals surface area (Å²) >= 11 is 1.43. The first-order chi connectivity index (χ1) is 7.15. The second-order valence-electron chi connectivity index (χ2n) is 3.31. The third kappa shape index (κ3) is 1.63. The molecule has 2 aromatic rings. The van der Waals surface area contributed by atoms with Gasteiger partial charge in [-0.25, -0.2) is 13.8 Å². The van der Waals surface area contributed by atoms with Crippen molar-refractivity contribution in [2.24, 2.45) is 5.73 Å². The molecule has 6 heteroatoms. The lowest BCUT2D eigenvalue weighted by Crippen LogP contribution is -2.21. The number of nitrogens with zero attached hydrogens (tertiary/aromatic N) is 2. The number of halogens is 2. The van der Waals surface area contributed by atoms with Crippen LogP contribution in [0.5, 0.6) is 0 Å². The summed E-state index contributed by atoms with van der Waals surface area (Å²) in [7, 11) is 0. The van der Waals surface area contributed by atoms with Gasteiger partial charge in [0.1, 0.15) is 0 Å². The van der Waals surface area contributed by atoms with Gasteiger partial charge in [0.15, 0.2) is 4.96 Å². The molecule has 0 fully saturated rings. The van der Waals surface area contributed by atoms with Crippen LogP contribution in [0, 0.1) is 6.92 Å². The molecule has 2 N–H and O–H groups in total. The van der Waals surface area contributed by atoms with Crippen LogP contribution in [-0.4, -0.2) is 22.4 Å².